The molecule has 0 saturated heterocycles. The molecule has 47 valence electrons. The van der Waals surface area contributed by atoms with Crippen molar-refractivity contribution < 1.29 is 4.39 Å². The highest BCUT2D eigenvalue weighted by Gasteiger charge is 1.86. The minimum Gasteiger partial charge on any atom is -0.251 e. The molecule has 1 aromatic rings. The van der Waals surface area contributed by atoms with Gasteiger partial charge in [-0.2, -0.15) is 0 Å². The lowest BCUT2D eigenvalue weighted by Gasteiger charge is -1.91. The molecule has 1 radical (unpaired) electrons. The van der Waals surface area contributed by atoms with E-state index in [-0.39, 0.29) is 6.67 Å². The van der Waals surface area contributed by atoms with Gasteiger partial charge in [0.2, 0.25) is 0 Å². The highest BCUT2D eigenvalue weighted by atomic mass is 19.1. The average molecular weight is 123 g/mol. The summed E-state index contributed by atoms with van der Waals surface area (Å²) in [7, 11) is 0. The lowest BCUT2D eigenvalue weighted by atomic mass is 10.2. The van der Waals surface area contributed by atoms with E-state index in [1.165, 1.54) is 0 Å². The van der Waals surface area contributed by atoms with Crippen LogP contribution in [0, 0.1) is 6.07 Å². The molecule has 0 nitrogen and oxygen atoms in total. The number of halogens is 1. The molecule has 0 aromatic heterocycles. The third-order valence-electron chi connectivity index (χ3n) is 1.15. The number of alkyl halides is 1. The quantitative estimate of drug-likeness (QED) is 0.564. The van der Waals surface area contributed by atoms with Gasteiger partial charge in [-0.15, -0.1) is 0 Å². The second-order valence-electron chi connectivity index (χ2n) is 1.85. The van der Waals surface area contributed by atoms with Crippen molar-refractivity contribution in [3.05, 3.63) is 35.9 Å². The third-order valence-corrected chi connectivity index (χ3v) is 1.15. The molecule has 0 unspecified atom stereocenters. The predicted octanol–water partition coefficient (Wildman–Crippen LogP) is 2.00. The Kier molecular flexibility index (Phi) is 2.25. The van der Waals surface area contributed by atoms with Gasteiger partial charge >= 0.3 is 0 Å². The largest absolute Gasteiger partial charge is 0.251 e. The van der Waals surface area contributed by atoms with Crippen molar-refractivity contribution in [3.63, 3.8) is 0 Å². The van der Waals surface area contributed by atoms with Crippen molar-refractivity contribution in [3.8, 4) is 0 Å². The van der Waals surface area contributed by atoms with Gasteiger partial charge in [0, 0.05) is 6.42 Å². The predicted molar refractivity (Wildman–Crippen MR) is 35.0 cm³/mol. The molecular formula is C8H8F. The number of hydrogen-bond donors (Lipinski definition) is 0. The van der Waals surface area contributed by atoms with Crippen LogP contribution in [0.15, 0.2) is 24.3 Å². The van der Waals surface area contributed by atoms with Crippen LogP contribution in [0.5, 0.6) is 0 Å². The van der Waals surface area contributed by atoms with Gasteiger partial charge in [0.1, 0.15) is 0 Å². The third kappa shape index (κ3) is 1.84. The highest BCUT2D eigenvalue weighted by molar-refractivity contribution is 5.13. The Morgan fingerprint density at radius 1 is 1.56 bits per heavy atom. The summed E-state index contributed by atoms with van der Waals surface area (Å²) in [6.07, 6.45) is 0.511. The summed E-state index contributed by atoms with van der Waals surface area (Å²) in [6.45, 7) is -0.280. The first-order valence-corrected chi connectivity index (χ1v) is 2.94. The summed E-state index contributed by atoms with van der Waals surface area (Å²) in [5, 5.41) is 0. The first-order chi connectivity index (χ1) is 4.43. The van der Waals surface area contributed by atoms with E-state index in [0.29, 0.717) is 6.42 Å². The lowest BCUT2D eigenvalue weighted by molar-refractivity contribution is 0.495. The zero-order valence-corrected chi connectivity index (χ0v) is 5.10. The van der Waals surface area contributed by atoms with Crippen LogP contribution in [-0.2, 0) is 6.42 Å². The maximum atomic E-state index is 11.7. The summed E-state index contributed by atoms with van der Waals surface area (Å²) in [4.78, 5) is 0. The molecule has 0 aliphatic carbocycles. The molecule has 1 heteroatoms. The molecule has 0 spiro atoms. The van der Waals surface area contributed by atoms with Crippen LogP contribution in [0.3, 0.4) is 0 Å². The van der Waals surface area contributed by atoms with Gasteiger partial charge in [-0.25, -0.2) is 0 Å². The van der Waals surface area contributed by atoms with Crippen LogP contribution in [0.1, 0.15) is 5.56 Å². The Morgan fingerprint density at radius 3 is 3.00 bits per heavy atom. The van der Waals surface area contributed by atoms with E-state index in [2.05, 4.69) is 6.07 Å². The maximum Gasteiger partial charge on any atom is 0.0934 e. The van der Waals surface area contributed by atoms with Crippen LogP contribution >= 0.6 is 0 Å². The highest BCUT2D eigenvalue weighted by Crippen LogP contribution is 1.97. The van der Waals surface area contributed by atoms with Crippen molar-refractivity contribution in [1.29, 1.82) is 0 Å². The molecule has 0 fully saturated rings. The van der Waals surface area contributed by atoms with Crippen molar-refractivity contribution in [1.82, 2.24) is 0 Å². The van der Waals surface area contributed by atoms with E-state index in [9.17, 15) is 4.39 Å². The summed E-state index contributed by atoms with van der Waals surface area (Å²) in [5.74, 6) is 0. The SMILES string of the molecule is FCCc1c[c]ccc1. The van der Waals surface area contributed by atoms with Crippen molar-refractivity contribution in [2.24, 2.45) is 0 Å². The van der Waals surface area contributed by atoms with Gasteiger partial charge in [-0.1, -0.05) is 24.3 Å². The molecule has 0 aliphatic heterocycles. The van der Waals surface area contributed by atoms with Crippen LogP contribution in [0.2, 0.25) is 0 Å². The van der Waals surface area contributed by atoms with Gasteiger partial charge in [-0.05, 0) is 11.6 Å². The van der Waals surface area contributed by atoms with E-state index in [4.69, 9.17) is 0 Å². The Bertz CT molecular complexity index is 157. The molecule has 0 atom stereocenters. The molecule has 0 N–H and O–H groups in total. The fourth-order valence-corrected chi connectivity index (χ4v) is 0.695. The van der Waals surface area contributed by atoms with Crippen LogP contribution < -0.4 is 0 Å². The lowest BCUT2D eigenvalue weighted by Crippen LogP contribution is -1.83. The molecule has 0 saturated carbocycles. The maximum absolute atomic E-state index is 11.7. The van der Waals surface area contributed by atoms with Gasteiger partial charge in [0.15, 0.2) is 0 Å². The normalized spacial score (nSPS) is 9.44. The Hall–Kier alpha value is -0.850. The van der Waals surface area contributed by atoms with Gasteiger partial charge in [-0.3, -0.25) is 4.39 Å². The molecule has 9 heavy (non-hydrogen) atoms. The first kappa shape index (κ1) is 6.27. The Morgan fingerprint density at radius 2 is 2.44 bits per heavy atom. The molecule has 0 heterocycles. The smallest absolute Gasteiger partial charge is 0.0934 e. The second kappa shape index (κ2) is 3.23. The van der Waals surface area contributed by atoms with Gasteiger partial charge < -0.3 is 0 Å². The Labute approximate surface area is 54.3 Å². The summed E-state index contributed by atoms with van der Waals surface area (Å²) < 4.78 is 11.7. The topological polar surface area (TPSA) is 0 Å². The molecule has 1 rings (SSSR count). The minimum absolute atomic E-state index is 0.280. The van der Waals surface area contributed by atoms with E-state index in [1.807, 2.05) is 18.2 Å². The summed E-state index contributed by atoms with van der Waals surface area (Å²) in [5.41, 5.74) is 1.01. The molecule has 0 bridgehead atoms. The standard InChI is InChI=1S/C8H8F/c9-7-6-8-4-2-1-3-5-8/h1-2,4-5H,6-7H2. The molecular weight excluding hydrogens is 115 g/mol. The molecule has 1 aromatic carbocycles. The number of rotatable bonds is 2. The van der Waals surface area contributed by atoms with E-state index < -0.39 is 0 Å². The first-order valence-electron chi connectivity index (χ1n) is 2.94. The fourth-order valence-electron chi connectivity index (χ4n) is 0.695. The van der Waals surface area contributed by atoms with Gasteiger partial charge in [0.05, 0.1) is 6.67 Å². The second-order valence-corrected chi connectivity index (χ2v) is 1.85. The summed E-state index contributed by atoms with van der Waals surface area (Å²) >= 11 is 0. The van der Waals surface area contributed by atoms with Crippen molar-refractivity contribution >= 4 is 0 Å². The zero-order valence-electron chi connectivity index (χ0n) is 5.10. The number of benzene rings is 1. The van der Waals surface area contributed by atoms with Gasteiger partial charge in [0.25, 0.3) is 0 Å². The van der Waals surface area contributed by atoms with Crippen LogP contribution in [-0.4, -0.2) is 6.67 Å². The van der Waals surface area contributed by atoms with E-state index in [0.717, 1.165) is 5.56 Å². The average Bonchev–Trinajstić information content (AvgIpc) is 1.91. The number of hydrogen-bond acceptors (Lipinski definition) is 0. The van der Waals surface area contributed by atoms with E-state index in [1.54, 1.807) is 6.07 Å². The van der Waals surface area contributed by atoms with Crippen LogP contribution in [0.4, 0.5) is 4.39 Å². The summed E-state index contributed by atoms with van der Waals surface area (Å²) in [6, 6.07) is 10.3. The van der Waals surface area contributed by atoms with Crippen LogP contribution in [0.25, 0.3) is 0 Å². The fraction of sp³-hybridized carbons (Fsp3) is 0.250. The van der Waals surface area contributed by atoms with Crippen molar-refractivity contribution in [2.45, 2.75) is 6.42 Å². The number of aryl methyl sites for hydroxylation is 1. The monoisotopic (exact) mass is 123 g/mol. The molecule has 0 aliphatic rings. The Balaban J connectivity index is 2.61. The zero-order chi connectivity index (χ0) is 6.53. The minimum atomic E-state index is -0.280. The van der Waals surface area contributed by atoms with Crippen molar-refractivity contribution in [2.75, 3.05) is 6.67 Å². The van der Waals surface area contributed by atoms with E-state index >= 15 is 0 Å². The molecule has 0 amide bonds.